The molecule has 0 unspecified atom stereocenters. The quantitative estimate of drug-likeness (QED) is 0.571. The summed E-state index contributed by atoms with van der Waals surface area (Å²) in [5, 5.41) is 8.29. The van der Waals surface area contributed by atoms with Crippen LogP contribution in [0.5, 0.6) is 0 Å². The maximum atomic E-state index is 13.8. The zero-order chi connectivity index (χ0) is 17.4. The minimum absolute atomic E-state index is 0.304. The fourth-order valence-corrected chi connectivity index (χ4v) is 2.51. The highest BCUT2D eigenvalue weighted by Crippen LogP contribution is 2.30. The predicted octanol–water partition coefficient (Wildman–Crippen LogP) is 3.65. The zero-order valence-corrected chi connectivity index (χ0v) is 13.6. The Kier molecular flexibility index (Phi) is 3.61. The van der Waals surface area contributed by atoms with E-state index in [9.17, 15) is 4.39 Å². The van der Waals surface area contributed by atoms with E-state index in [0.29, 0.717) is 28.7 Å². The van der Waals surface area contributed by atoms with E-state index >= 15 is 0 Å². The molecule has 4 aromatic rings. The molecule has 25 heavy (non-hydrogen) atoms. The molecule has 0 bridgehead atoms. The molecular formula is C18H14FN5O. The maximum absolute atomic E-state index is 13.8. The largest absolute Gasteiger partial charge is 0.334 e. The lowest BCUT2D eigenvalue weighted by molar-refractivity contribution is 0.432. The summed E-state index contributed by atoms with van der Waals surface area (Å²) >= 11 is 0. The average molecular weight is 335 g/mol. The Morgan fingerprint density at radius 3 is 2.56 bits per heavy atom. The van der Waals surface area contributed by atoms with Gasteiger partial charge in [0.2, 0.25) is 5.82 Å². The van der Waals surface area contributed by atoms with Crippen molar-refractivity contribution in [3.8, 4) is 34.2 Å². The van der Waals surface area contributed by atoms with Crippen LogP contribution in [0, 0.1) is 12.7 Å². The summed E-state index contributed by atoms with van der Waals surface area (Å²) in [5.41, 5.74) is 2.64. The number of aryl methyl sites for hydroxylation is 2. The van der Waals surface area contributed by atoms with E-state index in [1.54, 1.807) is 37.1 Å². The molecule has 0 amide bonds. The molecule has 6 nitrogen and oxygen atoms in total. The van der Waals surface area contributed by atoms with Gasteiger partial charge in [-0.05, 0) is 24.6 Å². The molecule has 0 fully saturated rings. The molecule has 0 saturated carbocycles. The van der Waals surface area contributed by atoms with E-state index in [1.807, 2.05) is 24.3 Å². The summed E-state index contributed by atoms with van der Waals surface area (Å²) in [7, 11) is 1.80. The van der Waals surface area contributed by atoms with Crippen LogP contribution in [0.15, 0.2) is 53.3 Å². The van der Waals surface area contributed by atoms with Crippen molar-refractivity contribution in [2.45, 2.75) is 6.92 Å². The van der Waals surface area contributed by atoms with Crippen LogP contribution in [-0.4, -0.2) is 24.9 Å². The minimum Gasteiger partial charge on any atom is -0.334 e. The highest BCUT2D eigenvalue weighted by molar-refractivity contribution is 5.76. The van der Waals surface area contributed by atoms with Crippen LogP contribution in [0.2, 0.25) is 0 Å². The minimum atomic E-state index is -0.304. The van der Waals surface area contributed by atoms with Gasteiger partial charge >= 0.3 is 0 Å². The predicted molar refractivity (Wildman–Crippen MR) is 89.9 cm³/mol. The molecule has 0 aliphatic heterocycles. The number of aromatic nitrogens is 5. The third-order valence-electron chi connectivity index (χ3n) is 3.85. The molecule has 0 atom stereocenters. The van der Waals surface area contributed by atoms with Gasteiger partial charge in [0.25, 0.3) is 5.89 Å². The highest BCUT2D eigenvalue weighted by atomic mass is 19.1. The molecule has 0 aliphatic carbocycles. The van der Waals surface area contributed by atoms with Gasteiger partial charge in [0.1, 0.15) is 12.1 Å². The second-order valence-electron chi connectivity index (χ2n) is 5.67. The van der Waals surface area contributed by atoms with Crippen LogP contribution < -0.4 is 0 Å². The van der Waals surface area contributed by atoms with Crippen molar-refractivity contribution in [3.05, 3.63) is 60.2 Å². The monoisotopic (exact) mass is 335 g/mol. The van der Waals surface area contributed by atoms with Gasteiger partial charge in [-0.3, -0.25) is 4.68 Å². The summed E-state index contributed by atoms with van der Waals surface area (Å²) in [5.74, 6) is 0.929. The molecule has 0 N–H and O–H groups in total. The number of benzene rings is 2. The fourth-order valence-electron chi connectivity index (χ4n) is 2.51. The van der Waals surface area contributed by atoms with E-state index < -0.39 is 0 Å². The summed E-state index contributed by atoms with van der Waals surface area (Å²) < 4.78 is 20.8. The van der Waals surface area contributed by atoms with Crippen molar-refractivity contribution in [3.63, 3.8) is 0 Å². The molecule has 2 aromatic carbocycles. The number of halogens is 1. The van der Waals surface area contributed by atoms with Gasteiger partial charge < -0.3 is 4.52 Å². The lowest BCUT2D eigenvalue weighted by atomic mass is 10.1. The second kappa shape index (κ2) is 5.94. The normalized spacial score (nSPS) is 11.0. The van der Waals surface area contributed by atoms with Crippen molar-refractivity contribution in [2.75, 3.05) is 0 Å². The van der Waals surface area contributed by atoms with Crippen LogP contribution in [-0.2, 0) is 7.05 Å². The first-order valence-corrected chi connectivity index (χ1v) is 7.67. The van der Waals surface area contributed by atoms with E-state index in [4.69, 9.17) is 4.52 Å². The molecule has 7 heteroatoms. The van der Waals surface area contributed by atoms with Gasteiger partial charge in [-0.2, -0.15) is 10.1 Å². The highest BCUT2D eigenvalue weighted by Gasteiger charge is 2.17. The first kappa shape index (κ1) is 15.2. The van der Waals surface area contributed by atoms with Crippen molar-refractivity contribution < 1.29 is 8.91 Å². The van der Waals surface area contributed by atoms with Gasteiger partial charge in [-0.25, -0.2) is 9.37 Å². The molecule has 0 saturated heterocycles. The third kappa shape index (κ3) is 2.80. The number of hydrogen-bond donors (Lipinski definition) is 0. The Bertz CT molecular complexity index is 1050. The van der Waals surface area contributed by atoms with E-state index in [1.165, 1.54) is 6.07 Å². The molecule has 4 rings (SSSR count). The van der Waals surface area contributed by atoms with Crippen molar-refractivity contribution >= 4 is 0 Å². The smallest absolute Gasteiger partial charge is 0.258 e. The summed E-state index contributed by atoms with van der Waals surface area (Å²) in [6, 6.07) is 12.4. The number of hydrogen-bond acceptors (Lipinski definition) is 5. The van der Waals surface area contributed by atoms with Crippen molar-refractivity contribution in [2.24, 2.45) is 7.05 Å². The van der Waals surface area contributed by atoms with Crippen LogP contribution in [0.25, 0.3) is 34.2 Å². The Hall–Kier alpha value is -3.35. The Morgan fingerprint density at radius 2 is 1.84 bits per heavy atom. The van der Waals surface area contributed by atoms with E-state index in [0.717, 1.165) is 11.1 Å². The van der Waals surface area contributed by atoms with Gasteiger partial charge in [0.15, 0.2) is 5.82 Å². The summed E-state index contributed by atoms with van der Waals surface area (Å²) in [6.07, 6.45) is 1.63. The molecule has 2 heterocycles. The number of nitrogens with zero attached hydrogens (tertiary/aromatic N) is 5. The van der Waals surface area contributed by atoms with Gasteiger partial charge in [0, 0.05) is 18.2 Å². The van der Waals surface area contributed by atoms with Gasteiger partial charge in [-0.15, -0.1) is 0 Å². The van der Waals surface area contributed by atoms with E-state index in [-0.39, 0.29) is 5.82 Å². The first-order chi connectivity index (χ1) is 12.1. The summed E-state index contributed by atoms with van der Waals surface area (Å²) in [6.45, 7) is 1.71. The third-order valence-corrected chi connectivity index (χ3v) is 3.85. The second-order valence-corrected chi connectivity index (χ2v) is 5.67. The molecule has 124 valence electrons. The van der Waals surface area contributed by atoms with E-state index in [2.05, 4.69) is 20.2 Å². The van der Waals surface area contributed by atoms with Crippen LogP contribution in [0.1, 0.15) is 5.56 Å². The topological polar surface area (TPSA) is 69.6 Å². The molecular weight excluding hydrogens is 321 g/mol. The first-order valence-electron chi connectivity index (χ1n) is 7.67. The zero-order valence-electron chi connectivity index (χ0n) is 13.6. The summed E-state index contributed by atoms with van der Waals surface area (Å²) in [4.78, 5) is 8.68. The molecule has 0 spiro atoms. The maximum Gasteiger partial charge on any atom is 0.258 e. The number of rotatable bonds is 3. The fraction of sp³-hybridized carbons (Fsp3) is 0.111. The molecule has 0 aliphatic rings. The Balaban J connectivity index is 1.77. The lowest BCUT2D eigenvalue weighted by Gasteiger charge is -2.01. The van der Waals surface area contributed by atoms with Gasteiger partial charge in [-0.1, -0.05) is 35.5 Å². The van der Waals surface area contributed by atoms with Crippen LogP contribution in [0.3, 0.4) is 0 Å². The molecule has 2 aromatic heterocycles. The van der Waals surface area contributed by atoms with Crippen molar-refractivity contribution in [1.29, 1.82) is 0 Å². The van der Waals surface area contributed by atoms with Crippen LogP contribution >= 0.6 is 0 Å². The lowest BCUT2D eigenvalue weighted by Crippen LogP contribution is -1.90. The molecule has 0 radical (unpaired) electrons. The standard InChI is InChI=1S/C18H14FN5O/c1-11-7-8-12(9-15(11)19)16-21-18(25-23-16)14-6-4-3-5-13(14)17-20-10-24(2)22-17/h3-10H,1-2H3. The average Bonchev–Trinajstić information content (AvgIpc) is 3.26. The van der Waals surface area contributed by atoms with Gasteiger partial charge in [0.05, 0.1) is 5.56 Å². The SMILES string of the molecule is Cc1ccc(-c2noc(-c3ccccc3-c3ncn(C)n3)n2)cc1F. The Morgan fingerprint density at radius 1 is 1.04 bits per heavy atom. The van der Waals surface area contributed by atoms with Crippen LogP contribution in [0.4, 0.5) is 4.39 Å². The van der Waals surface area contributed by atoms with Crippen molar-refractivity contribution in [1.82, 2.24) is 24.9 Å². The Labute approximate surface area is 143 Å².